The second kappa shape index (κ2) is 8.09. The van der Waals surface area contributed by atoms with Gasteiger partial charge in [0, 0.05) is 12.8 Å². The van der Waals surface area contributed by atoms with Crippen LogP contribution in [0.5, 0.6) is 0 Å². The molecule has 3 heteroatoms. The molecule has 1 aliphatic heterocycles. The second-order valence-electron chi connectivity index (χ2n) is 2.84. The van der Waals surface area contributed by atoms with Gasteiger partial charge in [0.25, 0.3) is 0 Å². The number of methoxy groups -OCH3 is 1. The summed E-state index contributed by atoms with van der Waals surface area (Å²) in [7, 11) is 1.47. The molecule has 1 atom stereocenters. The highest BCUT2D eigenvalue weighted by Gasteiger charge is 2.22. The Bertz CT molecular complexity index is 241. The summed E-state index contributed by atoms with van der Waals surface area (Å²) in [6, 6.07) is 0. The maximum atomic E-state index is 11.2. The van der Waals surface area contributed by atoms with Crippen LogP contribution in [0.4, 0.5) is 0 Å². The standard InChI is InChI=1S/C10H14O3.C2H6/c1-3-4-5-8-6-7-9(12-2)10(11)13-8;1-2/h3-4,7-8H,5-6H2,1-2H3;1-2H3/b4-3+;. The maximum absolute atomic E-state index is 11.2. The third-order valence-electron chi connectivity index (χ3n) is 1.90. The largest absolute Gasteiger partial charge is 0.490 e. The molecule has 0 radical (unpaired) electrons. The zero-order chi connectivity index (χ0) is 11.7. The molecule has 0 bridgehead atoms. The Morgan fingerprint density at radius 3 is 2.73 bits per heavy atom. The first-order valence-electron chi connectivity index (χ1n) is 5.34. The molecule has 0 aromatic heterocycles. The van der Waals surface area contributed by atoms with E-state index in [1.807, 2.05) is 32.9 Å². The molecule has 0 N–H and O–H groups in total. The van der Waals surface area contributed by atoms with Gasteiger partial charge in [0.15, 0.2) is 5.76 Å². The number of cyclic esters (lactones) is 1. The lowest BCUT2D eigenvalue weighted by atomic mass is 10.1. The van der Waals surface area contributed by atoms with Crippen molar-refractivity contribution in [3.05, 3.63) is 24.0 Å². The minimum absolute atomic E-state index is 0.0254. The van der Waals surface area contributed by atoms with Gasteiger partial charge in [-0.05, 0) is 13.0 Å². The van der Waals surface area contributed by atoms with Gasteiger partial charge in [0.1, 0.15) is 6.10 Å². The quantitative estimate of drug-likeness (QED) is 0.533. The van der Waals surface area contributed by atoms with Crippen molar-refractivity contribution in [2.45, 2.75) is 39.7 Å². The number of ether oxygens (including phenoxy) is 2. The smallest absolute Gasteiger partial charge is 0.373 e. The van der Waals surface area contributed by atoms with Crippen molar-refractivity contribution >= 4 is 5.97 Å². The molecule has 0 saturated heterocycles. The Hall–Kier alpha value is -1.25. The average Bonchev–Trinajstić information content (AvgIpc) is 2.29. The number of rotatable bonds is 3. The summed E-state index contributed by atoms with van der Waals surface area (Å²) in [5.74, 6) is -0.0417. The van der Waals surface area contributed by atoms with E-state index in [-0.39, 0.29) is 12.1 Å². The van der Waals surface area contributed by atoms with E-state index in [1.54, 1.807) is 6.08 Å². The minimum atomic E-state index is -0.358. The van der Waals surface area contributed by atoms with Crippen LogP contribution in [0.25, 0.3) is 0 Å². The van der Waals surface area contributed by atoms with Gasteiger partial charge in [-0.1, -0.05) is 26.0 Å². The molecule has 0 aliphatic carbocycles. The lowest BCUT2D eigenvalue weighted by Crippen LogP contribution is -2.23. The third-order valence-corrected chi connectivity index (χ3v) is 1.90. The van der Waals surface area contributed by atoms with Gasteiger partial charge >= 0.3 is 5.97 Å². The Morgan fingerprint density at radius 2 is 2.27 bits per heavy atom. The SMILES string of the molecule is C/C=C/CC1CC=C(OC)C(=O)O1.CC. The van der Waals surface area contributed by atoms with Crippen LogP contribution in [0.3, 0.4) is 0 Å². The zero-order valence-corrected chi connectivity index (χ0v) is 9.95. The topological polar surface area (TPSA) is 35.5 Å². The van der Waals surface area contributed by atoms with Crippen LogP contribution < -0.4 is 0 Å². The van der Waals surface area contributed by atoms with E-state index < -0.39 is 0 Å². The molecule has 1 unspecified atom stereocenters. The van der Waals surface area contributed by atoms with Gasteiger partial charge in [-0.3, -0.25) is 0 Å². The van der Waals surface area contributed by atoms with E-state index in [9.17, 15) is 4.79 Å². The molecule has 0 fully saturated rings. The summed E-state index contributed by atoms with van der Waals surface area (Å²) < 4.78 is 9.93. The zero-order valence-electron chi connectivity index (χ0n) is 9.95. The summed E-state index contributed by atoms with van der Waals surface area (Å²) in [5, 5.41) is 0. The Labute approximate surface area is 91.8 Å². The maximum Gasteiger partial charge on any atom is 0.373 e. The average molecular weight is 212 g/mol. The number of hydrogen-bond acceptors (Lipinski definition) is 3. The first-order chi connectivity index (χ1) is 7.27. The monoisotopic (exact) mass is 212 g/mol. The van der Waals surface area contributed by atoms with E-state index >= 15 is 0 Å². The van der Waals surface area contributed by atoms with Crippen LogP contribution in [0, 0.1) is 0 Å². The summed E-state index contributed by atoms with van der Waals surface area (Å²) in [6.45, 7) is 5.95. The van der Waals surface area contributed by atoms with Gasteiger partial charge in [-0.2, -0.15) is 0 Å². The Balaban J connectivity index is 0.000000921. The summed E-state index contributed by atoms with van der Waals surface area (Å²) in [6.07, 6.45) is 7.20. The summed E-state index contributed by atoms with van der Waals surface area (Å²) >= 11 is 0. The number of hydrogen-bond donors (Lipinski definition) is 0. The van der Waals surface area contributed by atoms with Crippen molar-refractivity contribution < 1.29 is 14.3 Å². The molecular formula is C12H20O3. The molecule has 86 valence electrons. The van der Waals surface area contributed by atoms with Gasteiger partial charge < -0.3 is 9.47 Å². The third kappa shape index (κ3) is 4.68. The minimum Gasteiger partial charge on any atom is -0.490 e. The molecule has 1 rings (SSSR count). The van der Waals surface area contributed by atoms with E-state index in [0.717, 1.165) is 12.8 Å². The molecule has 3 nitrogen and oxygen atoms in total. The Morgan fingerprint density at radius 1 is 1.60 bits per heavy atom. The van der Waals surface area contributed by atoms with Crippen LogP contribution in [-0.2, 0) is 14.3 Å². The van der Waals surface area contributed by atoms with Crippen LogP contribution in [0.2, 0.25) is 0 Å². The van der Waals surface area contributed by atoms with Gasteiger partial charge in [-0.15, -0.1) is 0 Å². The van der Waals surface area contributed by atoms with Gasteiger partial charge in [-0.25, -0.2) is 4.79 Å². The molecule has 0 spiro atoms. The van der Waals surface area contributed by atoms with Crippen molar-refractivity contribution in [2.75, 3.05) is 7.11 Å². The fourth-order valence-electron chi connectivity index (χ4n) is 1.18. The van der Waals surface area contributed by atoms with Crippen molar-refractivity contribution in [3.63, 3.8) is 0 Å². The van der Waals surface area contributed by atoms with E-state index in [1.165, 1.54) is 7.11 Å². The highest BCUT2D eigenvalue weighted by Crippen LogP contribution is 2.16. The predicted molar refractivity (Wildman–Crippen MR) is 60.4 cm³/mol. The first kappa shape index (κ1) is 13.8. The van der Waals surface area contributed by atoms with Crippen LogP contribution >= 0.6 is 0 Å². The number of allylic oxidation sites excluding steroid dienone is 1. The molecule has 15 heavy (non-hydrogen) atoms. The van der Waals surface area contributed by atoms with Gasteiger partial charge in [0.2, 0.25) is 0 Å². The molecule has 0 amide bonds. The predicted octanol–water partition coefficient (Wildman–Crippen LogP) is 2.82. The van der Waals surface area contributed by atoms with Crippen molar-refractivity contribution in [1.29, 1.82) is 0 Å². The lowest BCUT2D eigenvalue weighted by molar-refractivity contribution is -0.149. The molecule has 0 aromatic carbocycles. The number of carbonyl (C=O) groups excluding carboxylic acids is 1. The van der Waals surface area contributed by atoms with E-state index in [2.05, 4.69) is 0 Å². The van der Waals surface area contributed by atoms with Gasteiger partial charge in [0.05, 0.1) is 7.11 Å². The van der Waals surface area contributed by atoms with Crippen LogP contribution in [0.1, 0.15) is 33.6 Å². The Kier molecular flexibility index (Phi) is 7.42. The number of carbonyl (C=O) groups is 1. The summed E-state index contributed by atoms with van der Waals surface area (Å²) in [4.78, 5) is 11.2. The van der Waals surface area contributed by atoms with Crippen molar-refractivity contribution in [2.24, 2.45) is 0 Å². The fraction of sp³-hybridized carbons (Fsp3) is 0.583. The lowest BCUT2D eigenvalue weighted by Gasteiger charge is -2.20. The molecular weight excluding hydrogens is 192 g/mol. The van der Waals surface area contributed by atoms with E-state index in [0.29, 0.717) is 5.76 Å². The highest BCUT2D eigenvalue weighted by molar-refractivity contribution is 5.87. The summed E-state index contributed by atoms with van der Waals surface area (Å²) in [5.41, 5.74) is 0. The normalized spacial score (nSPS) is 20.1. The van der Waals surface area contributed by atoms with E-state index in [4.69, 9.17) is 9.47 Å². The van der Waals surface area contributed by atoms with Crippen LogP contribution in [0.15, 0.2) is 24.0 Å². The number of esters is 1. The van der Waals surface area contributed by atoms with Crippen molar-refractivity contribution in [3.8, 4) is 0 Å². The molecule has 0 aromatic rings. The fourth-order valence-corrected chi connectivity index (χ4v) is 1.18. The first-order valence-corrected chi connectivity index (χ1v) is 5.34. The van der Waals surface area contributed by atoms with Crippen LogP contribution in [-0.4, -0.2) is 19.2 Å². The highest BCUT2D eigenvalue weighted by atomic mass is 16.6. The van der Waals surface area contributed by atoms with Crippen molar-refractivity contribution in [1.82, 2.24) is 0 Å². The second-order valence-corrected chi connectivity index (χ2v) is 2.84. The molecule has 0 saturated carbocycles. The molecule has 1 aliphatic rings. The molecule has 1 heterocycles.